The fourth-order valence-corrected chi connectivity index (χ4v) is 3.61. The summed E-state index contributed by atoms with van der Waals surface area (Å²) < 4.78 is 0. The third-order valence-corrected chi connectivity index (χ3v) is 5.25. The van der Waals surface area contributed by atoms with E-state index >= 15 is 0 Å². The monoisotopic (exact) mass is 430 g/mol. The maximum atomic E-state index is 13.0. The molecule has 2 aromatic carbocycles. The third-order valence-electron chi connectivity index (χ3n) is 4.94. The lowest BCUT2D eigenvalue weighted by Gasteiger charge is -2.21. The Morgan fingerprint density at radius 2 is 2.00 bits per heavy atom. The number of hydrogen-bond donors (Lipinski definition) is 2. The molecular formula is C21H23ClN4O4. The van der Waals surface area contributed by atoms with E-state index in [1.807, 2.05) is 35.2 Å². The fraction of sp³-hybridized carbons (Fsp3) is 0.333. The topological polar surface area (TPSA) is 105 Å². The Hall–Kier alpha value is -2.97. The van der Waals surface area contributed by atoms with Crippen molar-refractivity contribution in [3.63, 3.8) is 0 Å². The molecule has 2 amide bonds. The molecule has 0 aliphatic carbocycles. The molecule has 3 rings (SSSR count). The molecule has 1 heterocycles. The maximum Gasteiger partial charge on any atom is 0.271 e. The second kappa shape index (κ2) is 10.2. The number of anilines is 1. The van der Waals surface area contributed by atoms with Crippen LogP contribution in [0.15, 0.2) is 48.5 Å². The average molecular weight is 431 g/mol. The van der Waals surface area contributed by atoms with Crippen molar-refractivity contribution in [1.82, 2.24) is 10.2 Å². The van der Waals surface area contributed by atoms with Crippen LogP contribution in [0.3, 0.4) is 0 Å². The highest BCUT2D eigenvalue weighted by molar-refractivity contribution is 6.34. The van der Waals surface area contributed by atoms with E-state index in [1.54, 1.807) is 0 Å². The molecule has 1 atom stereocenters. The van der Waals surface area contributed by atoms with Crippen LogP contribution in [-0.4, -0.2) is 41.3 Å². The summed E-state index contributed by atoms with van der Waals surface area (Å²) in [6.07, 6.45) is 2.23. The summed E-state index contributed by atoms with van der Waals surface area (Å²) in [4.78, 5) is 36.8. The number of nitrogens with one attached hydrogen (secondary N) is 2. The van der Waals surface area contributed by atoms with E-state index in [0.717, 1.165) is 24.9 Å². The Labute approximate surface area is 179 Å². The molecule has 1 saturated heterocycles. The zero-order valence-corrected chi connectivity index (χ0v) is 17.1. The molecule has 0 aromatic heterocycles. The number of hydrogen-bond acceptors (Lipinski definition) is 5. The number of amides is 2. The normalized spacial score (nSPS) is 14.6. The van der Waals surface area contributed by atoms with Crippen LogP contribution in [0.1, 0.15) is 30.9 Å². The van der Waals surface area contributed by atoms with Crippen molar-refractivity contribution in [3.05, 3.63) is 69.2 Å². The molecule has 1 unspecified atom stereocenters. The van der Waals surface area contributed by atoms with Gasteiger partial charge in [0, 0.05) is 31.6 Å². The van der Waals surface area contributed by atoms with E-state index in [1.165, 1.54) is 18.2 Å². The molecule has 158 valence electrons. The molecule has 0 radical (unpaired) electrons. The molecule has 0 saturated carbocycles. The largest absolute Gasteiger partial charge is 0.343 e. The minimum Gasteiger partial charge on any atom is -0.343 e. The van der Waals surface area contributed by atoms with E-state index in [2.05, 4.69) is 10.6 Å². The molecule has 0 spiro atoms. The van der Waals surface area contributed by atoms with Crippen LogP contribution in [0.5, 0.6) is 0 Å². The summed E-state index contributed by atoms with van der Waals surface area (Å²) in [6, 6.07) is 12.5. The van der Waals surface area contributed by atoms with Crippen LogP contribution in [0, 0.1) is 10.1 Å². The number of carbonyl (C=O) groups excluding carboxylic acids is 2. The SMILES string of the molecule is O=C(Nc1ccc([N+](=O)[O-])cc1Cl)C(NCCCN1CCCC1=O)c1ccccc1. The molecule has 1 fully saturated rings. The number of halogens is 1. The molecule has 9 heteroatoms. The van der Waals surface area contributed by atoms with Crippen molar-refractivity contribution in [1.29, 1.82) is 0 Å². The summed E-state index contributed by atoms with van der Waals surface area (Å²) in [5.41, 5.74) is 0.940. The van der Waals surface area contributed by atoms with Gasteiger partial charge in [0.1, 0.15) is 6.04 Å². The number of nitro groups is 1. The Kier molecular flexibility index (Phi) is 7.37. The van der Waals surface area contributed by atoms with Gasteiger partial charge in [-0.2, -0.15) is 0 Å². The summed E-state index contributed by atoms with van der Waals surface area (Å²) in [7, 11) is 0. The minimum absolute atomic E-state index is 0.0944. The average Bonchev–Trinajstić information content (AvgIpc) is 3.14. The van der Waals surface area contributed by atoms with Gasteiger partial charge in [-0.1, -0.05) is 41.9 Å². The van der Waals surface area contributed by atoms with Crippen LogP contribution >= 0.6 is 11.6 Å². The summed E-state index contributed by atoms with van der Waals surface area (Å²) in [5, 5.41) is 16.9. The second-order valence-electron chi connectivity index (χ2n) is 7.05. The van der Waals surface area contributed by atoms with Crippen molar-refractivity contribution < 1.29 is 14.5 Å². The molecule has 2 aromatic rings. The quantitative estimate of drug-likeness (QED) is 0.359. The first kappa shape index (κ1) is 21.7. The first-order valence-electron chi connectivity index (χ1n) is 9.76. The van der Waals surface area contributed by atoms with Gasteiger partial charge in [-0.15, -0.1) is 0 Å². The maximum absolute atomic E-state index is 13.0. The lowest BCUT2D eigenvalue weighted by Crippen LogP contribution is -2.35. The van der Waals surface area contributed by atoms with Crippen LogP contribution < -0.4 is 10.6 Å². The number of benzene rings is 2. The lowest BCUT2D eigenvalue weighted by molar-refractivity contribution is -0.384. The van der Waals surface area contributed by atoms with E-state index in [9.17, 15) is 19.7 Å². The van der Waals surface area contributed by atoms with Gasteiger partial charge in [0.25, 0.3) is 5.69 Å². The predicted molar refractivity (Wildman–Crippen MR) is 114 cm³/mol. The predicted octanol–water partition coefficient (Wildman–Crippen LogP) is 3.53. The van der Waals surface area contributed by atoms with Crippen LogP contribution in [0.4, 0.5) is 11.4 Å². The van der Waals surface area contributed by atoms with Gasteiger partial charge < -0.3 is 15.5 Å². The molecule has 2 N–H and O–H groups in total. The summed E-state index contributed by atoms with van der Waals surface area (Å²) in [6.45, 7) is 1.99. The van der Waals surface area contributed by atoms with Gasteiger partial charge in [-0.25, -0.2) is 0 Å². The summed E-state index contributed by atoms with van der Waals surface area (Å²) in [5.74, 6) is -0.144. The Morgan fingerprint density at radius 3 is 2.63 bits per heavy atom. The standard InChI is InChI=1S/C21H23ClN4O4/c22-17-14-16(26(29)30)9-10-18(17)24-21(28)20(15-6-2-1-3-7-15)23-11-5-13-25-12-4-8-19(25)27/h1-3,6-7,9-10,14,20,23H,4-5,8,11-13H2,(H,24,28). The number of non-ortho nitro benzene ring substituents is 1. The fourth-order valence-electron chi connectivity index (χ4n) is 3.39. The highest BCUT2D eigenvalue weighted by atomic mass is 35.5. The second-order valence-corrected chi connectivity index (χ2v) is 7.45. The van der Waals surface area contributed by atoms with Crippen molar-refractivity contribution in [2.45, 2.75) is 25.3 Å². The van der Waals surface area contributed by atoms with Crippen LogP contribution in [0.25, 0.3) is 0 Å². The number of rotatable bonds is 9. The highest BCUT2D eigenvalue weighted by Crippen LogP contribution is 2.27. The number of likely N-dealkylation sites (tertiary alicyclic amines) is 1. The number of nitro benzene ring substituents is 1. The molecule has 1 aliphatic rings. The number of nitrogens with zero attached hydrogens (tertiary/aromatic N) is 2. The Bertz CT molecular complexity index is 922. The minimum atomic E-state index is -0.633. The van der Waals surface area contributed by atoms with E-state index in [-0.39, 0.29) is 22.5 Å². The molecular weight excluding hydrogens is 408 g/mol. The first-order chi connectivity index (χ1) is 14.5. The smallest absolute Gasteiger partial charge is 0.271 e. The van der Waals surface area contributed by atoms with Crippen molar-refractivity contribution in [2.75, 3.05) is 25.0 Å². The van der Waals surface area contributed by atoms with Crippen molar-refractivity contribution >= 4 is 34.8 Å². The van der Waals surface area contributed by atoms with Gasteiger partial charge in [0.05, 0.1) is 15.6 Å². The van der Waals surface area contributed by atoms with E-state index in [0.29, 0.717) is 25.2 Å². The molecule has 1 aliphatic heterocycles. The van der Waals surface area contributed by atoms with Gasteiger partial charge in [-0.3, -0.25) is 19.7 Å². The zero-order chi connectivity index (χ0) is 21.5. The number of carbonyl (C=O) groups is 2. The van der Waals surface area contributed by atoms with Crippen molar-refractivity contribution in [2.24, 2.45) is 0 Å². The van der Waals surface area contributed by atoms with Crippen molar-refractivity contribution in [3.8, 4) is 0 Å². The third kappa shape index (κ3) is 5.55. The molecule has 30 heavy (non-hydrogen) atoms. The molecule has 0 bridgehead atoms. The van der Waals surface area contributed by atoms with Crippen LogP contribution in [0.2, 0.25) is 5.02 Å². The first-order valence-corrected chi connectivity index (χ1v) is 10.1. The van der Waals surface area contributed by atoms with Gasteiger partial charge in [-0.05, 0) is 31.0 Å². The summed E-state index contributed by atoms with van der Waals surface area (Å²) >= 11 is 6.10. The van der Waals surface area contributed by atoms with Gasteiger partial charge in [0.2, 0.25) is 11.8 Å². The van der Waals surface area contributed by atoms with E-state index in [4.69, 9.17) is 11.6 Å². The van der Waals surface area contributed by atoms with Crippen LogP contribution in [-0.2, 0) is 9.59 Å². The zero-order valence-electron chi connectivity index (χ0n) is 16.3. The molecule has 8 nitrogen and oxygen atoms in total. The lowest BCUT2D eigenvalue weighted by atomic mass is 10.1. The highest BCUT2D eigenvalue weighted by Gasteiger charge is 2.23. The Balaban J connectivity index is 1.65. The van der Waals surface area contributed by atoms with E-state index < -0.39 is 11.0 Å². The van der Waals surface area contributed by atoms with Gasteiger partial charge in [0.15, 0.2) is 0 Å². The Morgan fingerprint density at radius 1 is 1.23 bits per heavy atom. The van der Waals surface area contributed by atoms with Gasteiger partial charge >= 0.3 is 0 Å².